The van der Waals surface area contributed by atoms with Crippen LogP contribution in [0.2, 0.25) is 0 Å². The van der Waals surface area contributed by atoms with Gasteiger partial charge in [0.1, 0.15) is 17.2 Å². The Morgan fingerprint density at radius 2 is 0.904 bits per heavy atom. The number of aliphatic carboxylic acids is 2. The second kappa shape index (κ2) is 38.8. The summed E-state index contributed by atoms with van der Waals surface area (Å²) in [5, 5.41) is 36.2. The van der Waals surface area contributed by atoms with Gasteiger partial charge in [0.25, 0.3) is 0 Å². The van der Waals surface area contributed by atoms with Crippen molar-refractivity contribution in [2.75, 3.05) is 35.6 Å². The van der Waals surface area contributed by atoms with Crippen LogP contribution in [0.25, 0.3) is 62.4 Å². The van der Waals surface area contributed by atoms with Crippen LogP contribution in [0.15, 0.2) is 165 Å². The number of carboxylic acid groups (broad SMARTS) is 2. The van der Waals surface area contributed by atoms with Gasteiger partial charge in [-0.25, -0.2) is 27.6 Å². The quantitative estimate of drug-likeness (QED) is 0.0169. The normalized spacial score (nSPS) is 13.3. The van der Waals surface area contributed by atoms with Gasteiger partial charge in [0.05, 0.1) is 62.4 Å². The van der Waals surface area contributed by atoms with Crippen molar-refractivity contribution in [3.05, 3.63) is 199 Å². The number of urea groups is 3. The van der Waals surface area contributed by atoms with Gasteiger partial charge in [-0.05, 0) is 161 Å². The van der Waals surface area contributed by atoms with Gasteiger partial charge in [0, 0.05) is 153 Å². The zero-order valence-electron chi connectivity index (χ0n) is 61.0. The van der Waals surface area contributed by atoms with E-state index in [4.69, 9.17) is 30.2 Å². The fraction of sp³-hybridized carbons (Fsp3) is 0.256. The van der Waals surface area contributed by atoms with Gasteiger partial charge in [-0.1, -0.05) is 19.6 Å². The molecule has 115 heavy (non-hydrogen) atoms. The monoisotopic (exact) mass is 1620 g/mol. The van der Waals surface area contributed by atoms with Crippen molar-refractivity contribution >= 4 is 124 Å². The minimum absolute atomic E-state index is 0. The molecule has 11 N–H and O–H groups in total. The molecule has 3 saturated carbocycles. The van der Waals surface area contributed by atoms with Gasteiger partial charge in [-0.15, -0.1) is 34.0 Å². The number of carbonyl (C=O) groups excluding carboxylic acids is 5. The van der Waals surface area contributed by atoms with Gasteiger partial charge in [-0.3, -0.25) is 49.1 Å². The summed E-state index contributed by atoms with van der Waals surface area (Å²) in [5.74, 6) is -1.61. The van der Waals surface area contributed by atoms with E-state index < -0.39 is 29.4 Å². The zero-order chi connectivity index (χ0) is 79.6. The molecule has 0 bridgehead atoms. The third-order valence-electron chi connectivity index (χ3n) is 17.6. The van der Waals surface area contributed by atoms with E-state index in [1.165, 1.54) is 76.6 Å². The first-order valence-electron chi connectivity index (χ1n) is 36.6. The molecule has 0 spiro atoms. The number of nitrogens with one attached hydrogen (secondary N) is 7. The minimum atomic E-state index is -0.797. The molecule has 27 nitrogen and oxygen atoms in total. The van der Waals surface area contributed by atoms with E-state index in [-0.39, 0.29) is 79.6 Å². The van der Waals surface area contributed by atoms with Crippen molar-refractivity contribution in [2.24, 2.45) is 5.73 Å². The van der Waals surface area contributed by atoms with E-state index in [0.717, 1.165) is 115 Å². The smallest absolute Gasteiger partial charge is 0.319 e. The van der Waals surface area contributed by atoms with Crippen molar-refractivity contribution in [1.82, 2.24) is 56.1 Å². The number of halogens is 3. The number of benzene rings is 3. The maximum atomic E-state index is 14.8. The highest BCUT2D eigenvalue weighted by Gasteiger charge is 2.27. The highest BCUT2D eigenvalue weighted by molar-refractivity contribution is 7.23. The molecule has 9 aromatic heterocycles. The van der Waals surface area contributed by atoms with E-state index in [9.17, 15) is 46.7 Å². The summed E-state index contributed by atoms with van der Waals surface area (Å²) in [6.45, 7) is 3.05. The second-order valence-electron chi connectivity index (χ2n) is 26.8. The number of fused-ring (bicyclic) bond motifs is 3. The maximum Gasteiger partial charge on any atom is 0.319 e. The number of ether oxygens (including phenoxy) is 3. The van der Waals surface area contributed by atoms with E-state index in [0.29, 0.717) is 102 Å². The maximum absolute atomic E-state index is 14.8. The summed E-state index contributed by atoms with van der Waals surface area (Å²) < 4.78 is 64.2. The molecule has 3 aliphatic carbocycles. The third-order valence-corrected chi connectivity index (χ3v) is 21.1. The molecule has 1 aliphatic heterocycles. The molecule has 0 radical (unpaired) electrons. The van der Waals surface area contributed by atoms with Gasteiger partial charge in [0.2, 0.25) is 5.91 Å². The minimum Gasteiger partial charge on any atom is -0.481 e. The topological polar surface area (TPSA) is 378 Å². The number of carbonyl (C=O) groups is 7. The molecule has 594 valence electrons. The van der Waals surface area contributed by atoms with Gasteiger partial charge in [-0.2, -0.15) is 0 Å². The molecule has 33 heteroatoms. The van der Waals surface area contributed by atoms with Gasteiger partial charge >= 0.3 is 30.0 Å². The number of likely N-dealkylation sites (tertiary alicyclic amines) is 1. The number of nitrogens with zero attached hydrogens (tertiary/aromatic N) is 7. The Morgan fingerprint density at radius 3 is 1.23 bits per heavy atom. The average molecular weight is 1620 g/mol. The predicted molar refractivity (Wildman–Crippen MR) is 435 cm³/mol. The largest absolute Gasteiger partial charge is 0.481 e. The van der Waals surface area contributed by atoms with Crippen LogP contribution in [0, 0.1) is 17.5 Å². The van der Waals surface area contributed by atoms with Crippen molar-refractivity contribution in [3.63, 3.8) is 0 Å². The lowest BCUT2D eigenvalue weighted by atomic mass is 10.2. The number of thiophene rings is 3. The first-order valence-corrected chi connectivity index (χ1v) is 39.0. The average Bonchev–Trinajstić information content (AvgIpc) is 1.67. The number of aldehydes is 1. The van der Waals surface area contributed by atoms with Crippen LogP contribution in [0.1, 0.15) is 106 Å². The van der Waals surface area contributed by atoms with Crippen LogP contribution in [0.4, 0.5) is 44.6 Å². The fourth-order valence-corrected chi connectivity index (χ4v) is 14.5. The molecule has 16 rings (SSSR count). The number of amides is 7. The molecular formula is C82H80F3N15O12S3. The Balaban J connectivity index is 0.000000152. The Kier molecular flexibility index (Phi) is 27.6. The van der Waals surface area contributed by atoms with Crippen LogP contribution < -0.4 is 57.2 Å². The summed E-state index contributed by atoms with van der Waals surface area (Å²) in [6, 6.07) is 34.5. The lowest BCUT2D eigenvalue weighted by molar-refractivity contribution is -0.138. The predicted octanol–water partition coefficient (Wildman–Crippen LogP) is 17.1. The molecular weight excluding hydrogens is 1540 g/mol. The number of aromatic nitrogens is 6. The number of hydrogen-bond donors (Lipinski definition) is 10. The third kappa shape index (κ3) is 23.3. The van der Waals surface area contributed by atoms with Crippen LogP contribution in [0.5, 0.6) is 34.5 Å². The lowest BCUT2D eigenvalue weighted by Crippen LogP contribution is -2.30. The van der Waals surface area contributed by atoms with Crippen LogP contribution in [-0.4, -0.2) is 125 Å². The van der Waals surface area contributed by atoms with E-state index in [1.807, 2.05) is 47.4 Å². The Bertz CT molecular complexity index is 5480. The molecule has 4 aliphatic rings. The number of rotatable bonds is 27. The highest BCUT2D eigenvalue weighted by Crippen LogP contribution is 2.43. The summed E-state index contributed by atoms with van der Waals surface area (Å²) in [7, 11) is 0. The summed E-state index contributed by atoms with van der Waals surface area (Å²) in [6.07, 6.45) is 19.5. The summed E-state index contributed by atoms with van der Waals surface area (Å²) in [4.78, 5) is 110. The number of anilines is 3. The van der Waals surface area contributed by atoms with Gasteiger partial charge < -0.3 is 72.3 Å². The van der Waals surface area contributed by atoms with Crippen molar-refractivity contribution < 1.29 is 71.2 Å². The molecule has 7 amide bonds. The Labute approximate surface area is 669 Å². The lowest BCUT2D eigenvalue weighted by Gasteiger charge is -2.15. The SMILES string of the molecule is C.NCCCC(=O)O.O=C(Nc1ccc(Oc2ccnc3cc(-c4ccc(CN5CCCC5=O)cn4)sc23)c(F)c1)NC1CC1.O=C(O)CCCNCc1ccc(-c2cc3nccc(Oc4ccc(NC(=O)NC5CC5)cc4F)c3s2)nc1.O=Cc1ccc(-c2cc3nccc(Oc4ccc(NC(=O)NC5CC5)cc4F)c3s2)nc1. The van der Waals surface area contributed by atoms with Crippen molar-refractivity contribution in [3.8, 4) is 66.2 Å². The van der Waals surface area contributed by atoms with E-state index in [2.05, 4.69) is 67.1 Å². The molecule has 10 heterocycles. The number of pyridine rings is 6. The highest BCUT2D eigenvalue weighted by atomic mass is 32.1. The number of carboxylic acids is 2. The molecule has 4 fully saturated rings. The summed E-state index contributed by atoms with van der Waals surface area (Å²) >= 11 is 4.32. The molecule has 12 aromatic rings. The first kappa shape index (κ1) is 81.9. The molecule has 0 unspecified atom stereocenters. The number of hydrogen-bond acceptors (Lipinski definition) is 21. The van der Waals surface area contributed by atoms with Crippen molar-refractivity contribution in [1.29, 1.82) is 0 Å². The standard InChI is InChI=1S/C27H26FN5O4S.C27H24FN5O3S.C23H17FN4O3S.C4H9NO2.CH4/c28-19-12-18(33-27(36)32-17-4-5-17)6-8-22(19)37-23-9-11-30-21-13-24(38-26(21)23)20-7-3-16(15-31-20)14-29-10-1-2-25(34)35;28-19-12-18(32-27(35)31-17-4-5-17)6-8-22(19)36-23-9-10-29-21-13-24(37-26(21)23)20-7-3-16(14-30-20)15-33-11-1-2-25(33)34;24-16-9-15(28-23(30)27-14-2-3-14)4-6-19(16)31-20-7-8-25-18-10-21(32-22(18)20)17-5-1-13(12-29)11-26-17;5-3-1-2-4(6)7;/h3,6-9,11-13,15,17,29H,1-2,4-5,10,14H2,(H,34,35)(H2,32,33,36);3,6-10,12-14,17H,1-2,4-5,11,15H2,(H2,31,32,35);1,4-12,14H,2-3H2,(H2,27,28,30);1-3,5H2,(H,6,7);1H4. The van der Waals surface area contributed by atoms with Crippen LogP contribution in [-0.2, 0) is 27.5 Å². The van der Waals surface area contributed by atoms with Crippen LogP contribution in [0.3, 0.4) is 0 Å². The van der Waals surface area contributed by atoms with Gasteiger partial charge in [0.15, 0.2) is 41.0 Å². The Hall–Kier alpha value is -12.6. The fourth-order valence-electron chi connectivity index (χ4n) is 11.3. The van der Waals surface area contributed by atoms with Crippen LogP contribution >= 0.6 is 34.0 Å². The molecule has 1 saturated heterocycles. The zero-order valence-corrected chi connectivity index (χ0v) is 63.4. The van der Waals surface area contributed by atoms with E-state index >= 15 is 0 Å². The summed E-state index contributed by atoms with van der Waals surface area (Å²) in [5.41, 5.74) is 12.9. The number of nitrogens with two attached hydrogens (primary N) is 1. The molecule has 0 atom stereocenters. The Morgan fingerprint density at radius 1 is 0.504 bits per heavy atom. The van der Waals surface area contributed by atoms with Crippen molar-refractivity contribution in [2.45, 2.75) is 116 Å². The first-order chi connectivity index (χ1) is 55.3. The van der Waals surface area contributed by atoms with E-state index in [1.54, 1.807) is 79.5 Å². The second-order valence-corrected chi connectivity index (χ2v) is 30.0. The molecule has 3 aromatic carbocycles.